The molecule has 3 rings (SSSR count). The molecule has 0 saturated carbocycles. The first kappa shape index (κ1) is 15.1. The number of aromatic nitrogens is 2. The number of rotatable bonds is 4. The summed E-state index contributed by atoms with van der Waals surface area (Å²) in [7, 11) is 1.68. The first-order chi connectivity index (χ1) is 11.3. The van der Waals surface area contributed by atoms with Gasteiger partial charge in [0.1, 0.15) is 17.6 Å². The molecule has 1 atom stereocenters. The molecule has 1 aromatic heterocycles. The molecule has 6 nitrogen and oxygen atoms in total. The maximum absolute atomic E-state index is 8.89. The van der Waals surface area contributed by atoms with Gasteiger partial charge in [-0.25, -0.2) is 9.97 Å². The monoisotopic (exact) mass is 309 g/mol. The van der Waals surface area contributed by atoms with Gasteiger partial charge in [-0.3, -0.25) is 0 Å². The van der Waals surface area contributed by atoms with Gasteiger partial charge in [-0.1, -0.05) is 6.07 Å². The van der Waals surface area contributed by atoms with Crippen LogP contribution in [0.1, 0.15) is 18.7 Å². The van der Waals surface area contributed by atoms with Crippen LogP contribution in [0, 0.1) is 11.3 Å². The molecule has 1 N–H and O–H groups in total. The van der Waals surface area contributed by atoms with Crippen molar-refractivity contribution in [3.8, 4) is 11.8 Å². The molecular formula is C17H19N5O. The predicted octanol–water partition coefficient (Wildman–Crippen LogP) is 2.44. The molecule has 1 fully saturated rings. The number of nitrogens with zero attached hydrogens (tertiary/aromatic N) is 4. The zero-order chi connectivity index (χ0) is 16.1. The Kier molecular flexibility index (Phi) is 4.57. The van der Waals surface area contributed by atoms with Crippen molar-refractivity contribution in [3.05, 3.63) is 42.4 Å². The Morgan fingerprint density at radius 3 is 3.13 bits per heavy atom. The van der Waals surface area contributed by atoms with Crippen LogP contribution in [0.4, 0.5) is 11.5 Å². The fourth-order valence-electron chi connectivity index (χ4n) is 2.84. The van der Waals surface area contributed by atoms with Crippen LogP contribution in [0.3, 0.4) is 0 Å². The summed E-state index contributed by atoms with van der Waals surface area (Å²) in [5, 5.41) is 12.3. The minimum absolute atomic E-state index is 0.190. The second-order valence-corrected chi connectivity index (χ2v) is 5.51. The van der Waals surface area contributed by atoms with Gasteiger partial charge in [0.2, 0.25) is 5.82 Å². The summed E-state index contributed by atoms with van der Waals surface area (Å²) in [5.41, 5.74) is 1.16. The first-order valence-corrected chi connectivity index (χ1v) is 7.67. The summed E-state index contributed by atoms with van der Waals surface area (Å²) in [4.78, 5) is 10.4. The van der Waals surface area contributed by atoms with Crippen molar-refractivity contribution in [1.29, 1.82) is 5.26 Å². The topological polar surface area (TPSA) is 74.1 Å². The van der Waals surface area contributed by atoms with Crippen molar-refractivity contribution in [2.24, 2.45) is 0 Å². The number of nitrogens with one attached hydrogen (secondary N) is 1. The van der Waals surface area contributed by atoms with E-state index in [0.717, 1.165) is 37.4 Å². The summed E-state index contributed by atoms with van der Waals surface area (Å²) in [6, 6.07) is 12.2. The number of benzene rings is 1. The lowest BCUT2D eigenvalue weighted by molar-refractivity contribution is 0.414. The van der Waals surface area contributed by atoms with Crippen LogP contribution < -0.4 is 15.0 Å². The Balaban J connectivity index is 1.69. The van der Waals surface area contributed by atoms with Gasteiger partial charge in [-0.2, -0.15) is 5.26 Å². The van der Waals surface area contributed by atoms with Crippen molar-refractivity contribution >= 4 is 11.5 Å². The molecule has 0 spiro atoms. The number of hydrogen-bond acceptors (Lipinski definition) is 6. The summed E-state index contributed by atoms with van der Waals surface area (Å²) >= 11 is 0. The number of anilines is 2. The molecule has 1 saturated heterocycles. The van der Waals surface area contributed by atoms with Crippen LogP contribution >= 0.6 is 0 Å². The lowest BCUT2D eigenvalue weighted by atomic mass is 10.0. The van der Waals surface area contributed by atoms with E-state index in [2.05, 4.69) is 32.3 Å². The first-order valence-electron chi connectivity index (χ1n) is 7.67. The van der Waals surface area contributed by atoms with Gasteiger partial charge in [0, 0.05) is 37.1 Å². The molecule has 0 amide bonds. The molecule has 1 aliphatic rings. The fraction of sp³-hybridized carbons (Fsp3) is 0.353. The molecule has 0 aliphatic carbocycles. The number of piperidine rings is 1. The molecule has 1 aromatic carbocycles. The van der Waals surface area contributed by atoms with E-state index in [0.29, 0.717) is 5.82 Å². The molecule has 2 heterocycles. The lowest BCUT2D eigenvalue weighted by Crippen LogP contribution is -2.42. The van der Waals surface area contributed by atoms with Gasteiger partial charge in [0.05, 0.1) is 7.11 Å². The summed E-state index contributed by atoms with van der Waals surface area (Å²) in [6.45, 7) is 1.91. The standard InChI is InChI=1S/C17H19N5O/c1-23-15-6-2-5-14(10-15)22-9-3-4-13(12-22)20-16-7-8-19-17(11-18)21-16/h2,5-8,10,13H,3-4,9,12H2,1H3,(H,19,20,21). The summed E-state index contributed by atoms with van der Waals surface area (Å²) in [5.74, 6) is 1.76. The highest BCUT2D eigenvalue weighted by atomic mass is 16.5. The number of methoxy groups -OCH3 is 1. The zero-order valence-corrected chi connectivity index (χ0v) is 13.1. The SMILES string of the molecule is COc1cccc(N2CCCC(Nc3ccnc(C#N)n3)C2)c1. The van der Waals surface area contributed by atoms with Crippen LogP contribution in [-0.2, 0) is 0 Å². The molecule has 6 heteroatoms. The van der Waals surface area contributed by atoms with E-state index in [1.54, 1.807) is 19.4 Å². The minimum atomic E-state index is 0.190. The number of ether oxygens (including phenoxy) is 1. The lowest BCUT2D eigenvalue weighted by Gasteiger charge is -2.35. The molecule has 118 valence electrons. The number of nitriles is 1. The normalized spacial score (nSPS) is 17.4. The van der Waals surface area contributed by atoms with Gasteiger partial charge in [-0.15, -0.1) is 0 Å². The third kappa shape index (κ3) is 3.69. The van der Waals surface area contributed by atoms with Crippen molar-refractivity contribution in [3.63, 3.8) is 0 Å². The quantitative estimate of drug-likeness (QED) is 0.935. The van der Waals surface area contributed by atoms with E-state index in [4.69, 9.17) is 10.00 Å². The van der Waals surface area contributed by atoms with Crippen LogP contribution in [-0.4, -0.2) is 36.2 Å². The molecule has 1 aliphatic heterocycles. The van der Waals surface area contributed by atoms with Crippen LogP contribution in [0.25, 0.3) is 0 Å². The van der Waals surface area contributed by atoms with Gasteiger partial charge < -0.3 is 15.0 Å². The summed E-state index contributed by atoms with van der Waals surface area (Å²) < 4.78 is 5.30. The van der Waals surface area contributed by atoms with Crippen molar-refractivity contribution < 1.29 is 4.74 Å². The van der Waals surface area contributed by atoms with E-state index >= 15 is 0 Å². The predicted molar refractivity (Wildman–Crippen MR) is 88.6 cm³/mol. The molecular weight excluding hydrogens is 290 g/mol. The average molecular weight is 309 g/mol. The zero-order valence-electron chi connectivity index (χ0n) is 13.1. The third-order valence-electron chi connectivity index (χ3n) is 3.95. The van der Waals surface area contributed by atoms with Crippen molar-refractivity contribution in [2.45, 2.75) is 18.9 Å². The highest BCUT2D eigenvalue weighted by Gasteiger charge is 2.20. The minimum Gasteiger partial charge on any atom is -0.497 e. The van der Waals surface area contributed by atoms with E-state index in [-0.39, 0.29) is 11.9 Å². The van der Waals surface area contributed by atoms with Crippen LogP contribution in [0.5, 0.6) is 5.75 Å². The Hall–Kier alpha value is -2.81. The number of hydrogen-bond donors (Lipinski definition) is 1. The molecule has 0 bridgehead atoms. The fourth-order valence-corrected chi connectivity index (χ4v) is 2.84. The highest BCUT2D eigenvalue weighted by Crippen LogP contribution is 2.25. The van der Waals surface area contributed by atoms with Crippen LogP contribution in [0.2, 0.25) is 0 Å². The average Bonchev–Trinajstić information content (AvgIpc) is 2.62. The van der Waals surface area contributed by atoms with Crippen LogP contribution in [0.15, 0.2) is 36.5 Å². The van der Waals surface area contributed by atoms with Gasteiger partial charge >= 0.3 is 0 Å². The maximum Gasteiger partial charge on any atom is 0.234 e. The Labute approximate surface area is 135 Å². The van der Waals surface area contributed by atoms with Crippen molar-refractivity contribution in [2.75, 3.05) is 30.4 Å². The Morgan fingerprint density at radius 1 is 1.39 bits per heavy atom. The second kappa shape index (κ2) is 6.97. The summed E-state index contributed by atoms with van der Waals surface area (Å²) in [6.07, 6.45) is 3.79. The highest BCUT2D eigenvalue weighted by molar-refractivity contribution is 5.51. The molecule has 23 heavy (non-hydrogen) atoms. The Bertz CT molecular complexity index is 712. The van der Waals surface area contributed by atoms with E-state index in [1.807, 2.05) is 18.2 Å². The van der Waals surface area contributed by atoms with Gasteiger partial charge in [0.25, 0.3) is 0 Å². The van der Waals surface area contributed by atoms with E-state index < -0.39 is 0 Å². The second-order valence-electron chi connectivity index (χ2n) is 5.51. The maximum atomic E-state index is 8.89. The Morgan fingerprint density at radius 2 is 2.30 bits per heavy atom. The third-order valence-corrected chi connectivity index (χ3v) is 3.95. The van der Waals surface area contributed by atoms with E-state index in [9.17, 15) is 0 Å². The van der Waals surface area contributed by atoms with E-state index in [1.165, 1.54) is 0 Å². The molecule has 2 aromatic rings. The van der Waals surface area contributed by atoms with Gasteiger partial charge in [0.15, 0.2) is 0 Å². The molecule has 0 radical (unpaired) electrons. The van der Waals surface area contributed by atoms with Crippen molar-refractivity contribution in [1.82, 2.24) is 9.97 Å². The smallest absolute Gasteiger partial charge is 0.234 e. The van der Waals surface area contributed by atoms with Gasteiger partial charge in [-0.05, 0) is 31.0 Å². The molecule has 1 unspecified atom stereocenters. The largest absolute Gasteiger partial charge is 0.497 e.